The highest BCUT2D eigenvalue weighted by molar-refractivity contribution is 7.40. The average molecular weight is 919 g/mol. The van der Waals surface area contributed by atoms with Gasteiger partial charge in [-0.3, -0.25) is 0 Å². The second-order valence-corrected chi connectivity index (χ2v) is 23.3. The van der Waals surface area contributed by atoms with Gasteiger partial charge in [-0.1, -0.05) is 128 Å². The van der Waals surface area contributed by atoms with Crippen molar-refractivity contribution in [2.24, 2.45) is 0 Å². The molecule has 0 atom stereocenters. The van der Waals surface area contributed by atoms with Crippen LogP contribution in [0.5, 0.6) is 0 Å². The van der Waals surface area contributed by atoms with Gasteiger partial charge in [0.1, 0.15) is 11.2 Å². The van der Waals surface area contributed by atoms with Crippen LogP contribution in [0.15, 0.2) is 167 Å². The van der Waals surface area contributed by atoms with Crippen molar-refractivity contribution < 1.29 is 8.83 Å². The maximum absolute atomic E-state index is 6.04. The Morgan fingerprint density at radius 3 is 1.32 bits per heavy atom. The topological polar surface area (TPSA) is 32.8 Å². The highest BCUT2D eigenvalue weighted by Gasteiger charge is 2.47. The van der Waals surface area contributed by atoms with Gasteiger partial charge >= 0.3 is 0 Å². The molecule has 0 fully saturated rings. The molecule has 0 radical (unpaired) electrons. The number of para-hydroxylation sites is 2. The van der Waals surface area contributed by atoms with Crippen molar-refractivity contribution >= 4 is 121 Å². The van der Waals surface area contributed by atoms with Gasteiger partial charge < -0.3 is 18.6 Å². The van der Waals surface area contributed by atoms with Gasteiger partial charge in [0.15, 0.2) is 0 Å². The average Bonchev–Trinajstić information content (AvgIpc) is 4.14. The Morgan fingerprint density at radius 1 is 0.485 bits per heavy atom. The molecule has 11 aromatic rings. The number of rotatable bonds is 5. The lowest BCUT2D eigenvalue weighted by Gasteiger charge is -2.42. The molecule has 0 saturated carbocycles. The summed E-state index contributed by atoms with van der Waals surface area (Å²) in [5.41, 5.74) is 19.0. The summed E-state index contributed by atoms with van der Waals surface area (Å²) < 4.78 is 17.5. The van der Waals surface area contributed by atoms with Crippen LogP contribution in [-0.4, -0.2) is 6.71 Å². The standard InChI is InChI=1S/C61H51BN2O2S2/c1-35(2)38-29-49-55-50(30-38)64(42-25-19-37(20-26-42)48-34-66-52-16-12-10-14-44(48)52)57-46-32-40(61(6,7)8)22-28-54(46)68-59(57)62(55)58-56(45-31-39(60(3,4)5)21-27-53(45)67-58)63(49)41-23-17-36(18-24-41)47-33-65-51-15-11-9-13-43(47)51/h9-35H,1-8H3. The van der Waals surface area contributed by atoms with Gasteiger partial charge in [-0.15, -0.1) is 22.7 Å². The molecule has 4 aromatic heterocycles. The van der Waals surface area contributed by atoms with Gasteiger partial charge in [-0.25, -0.2) is 0 Å². The van der Waals surface area contributed by atoms with Crippen LogP contribution in [0, 0.1) is 0 Å². The highest BCUT2D eigenvalue weighted by atomic mass is 32.1. The Morgan fingerprint density at radius 2 is 0.912 bits per heavy atom. The summed E-state index contributed by atoms with van der Waals surface area (Å²) in [6.07, 6.45) is 3.80. The minimum Gasteiger partial charge on any atom is -0.464 e. The first-order valence-corrected chi connectivity index (χ1v) is 25.5. The number of thiophene rings is 2. The molecule has 2 aliphatic heterocycles. The van der Waals surface area contributed by atoms with Crippen LogP contribution >= 0.6 is 22.7 Å². The molecule has 0 bridgehead atoms. The SMILES string of the molecule is CC(C)c1cc2c3c(c1)N(c1ccc(-c4coc5ccccc45)cc1)c1c(sc4ccc(C(C)(C)C)cc14)B3c1sc3ccc(C(C)(C)C)cc3c1N2c1ccc(-c2coc3ccccc23)cc1. The van der Waals surface area contributed by atoms with Crippen LogP contribution in [0.1, 0.15) is 78.0 Å². The van der Waals surface area contributed by atoms with E-state index in [1.165, 1.54) is 74.6 Å². The van der Waals surface area contributed by atoms with E-state index in [9.17, 15) is 0 Å². The normalized spacial score (nSPS) is 13.6. The molecular formula is C61H51BN2O2S2. The molecule has 6 heterocycles. The van der Waals surface area contributed by atoms with Gasteiger partial charge in [0.05, 0.1) is 23.9 Å². The summed E-state index contributed by atoms with van der Waals surface area (Å²) in [6, 6.07) is 54.5. The first-order chi connectivity index (χ1) is 32.8. The molecule has 0 saturated heterocycles. The van der Waals surface area contributed by atoms with Crippen molar-refractivity contribution in [1.29, 1.82) is 0 Å². The second kappa shape index (κ2) is 14.9. The monoisotopic (exact) mass is 918 g/mol. The first kappa shape index (κ1) is 41.4. The predicted molar refractivity (Wildman–Crippen MR) is 293 cm³/mol. The molecule has 7 heteroatoms. The number of anilines is 6. The third-order valence-electron chi connectivity index (χ3n) is 14.5. The van der Waals surface area contributed by atoms with Crippen molar-refractivity contribution in [3.8, 4) is 22.3 Å². The number of furan rings is 2. The quantitative estimate of drug-likeness (QED) is 0.161. The van der Waals surface area contributed by atoms with Crippen LogP contribution in [0.3, 0.4) is 0 Å². The minimum absolute atomic E-state index is 0.0115. The largest absolute Gasteiger partial charge is 0.464 e. The van der Waals surface area contributed by atoms with E-state index in [0.717, 1.165) is 55.6 Å². The summed E-state index contributed by atoms with van der Waals surface area (Å²) in [5.74, 6) is 0.286. The predicted octanol–water partition coefficient (Wildman–Crippen LogP) is 16.7. The lowest BCUT2D eigenvalue weighted by atomic mass is 9.39. The summed E-state index contributed by atoms with van der Waals surface area (Å²) in [4.78, 5) is 5.22. The molecule has 0 spiro atoms. The second-order valence-electron chi connectivity index (χ2n) is 21.2. The Balaban J connectivity index is 1.09. The zero-order chi connectivity index (χ0) is 46.4. The highest BCUT2D eigenvalue weighted by Crippen LogP contribution is 2.52. The third-order valence-corrected chi connectivity index (χ3v) is 17.0. The fourth-order valence-corrected chi connectivity index (χ4v) is 13.4. The van der Waals surface area contributed by atoms with E-state index in [0.29, 0.717) is 0 Å². The minimum atomic E-state index is -0.0115. The molecule has 4 nitrogen and oxygen atoms in total. The van der Waals surface area contributed by atoms with Gasteiger partial charge in [0.25, 0.3) is 6.71 Å². The van der Waals surface area contributed by atoms with Crippen molar-refractivity contribution in [3.63, 3.8) is 0 Å². The first-order valence-electron chi connectivity index (χ1n) is 23.9. The molecule has 0 amide bonds. The Kier molecular flexibility index (Phi) is 9.04. The van der Waals surface area contributed by atoms with Gasteiger partial charge in [-0.2, -0.15) is 0 Å². The van der Waals surface area contributed by atoms with Gasteiger partial charge in [0.2, 0.25) is 0 Å². The summed E-state index contributed by atoms with van der Waals surface area (Å²) in [7, 11) is 0. The summed E-state index contributed by atoms with van der Waals surface area (Å²) >= 11 is 3.95. The van der Waals surface area contributed by atoms with Crippen LogP contribution in [0.2, 0.25) is 0 Å². The summed E-state index contributed by atoms with van der Waals surface area (Å²) in [6.45, 7) is 18.7. The van der Waals surface area contributed by atoms with Crippen LogP contribution < -0.4 is 24.8 Å². The fourth-order valence-electron chi connectivity index (χ4n) is 10.8. The van der Waals surface area contributed by atoms with Gasteiger partial charge in [0, 0.05) is 74.4 Å². The molecule has 2 aliphatic rings. The van der Waals surface area contributed by atoms with Crippen LogP contribution in [-0.2, 0) is 10.8 Å². The smallest absolute Gasteiger partial charge is 0.277 e. The number of hydrogen-bond donors (Lipinski definition) is 0. The van der Waals surface area contributed by atoms with Crippen molar-refractivity contribution in [2.45, 2.75) is 72.1 Å². The Labute approximate surface area is 406 Å². The molecule has 0 aliphatic carbocycles. The molecule has 7 aromatic carbocycles. The maximum Gasteiger partial charge on any atom is 0.277 e. The molecular weight excluding hydrogens is 868 g/mol. The lowest BCUT2D eigenvalue weighted by molar-refractivity contribution is 0.591. The van der Waals surface area contributed by atoms with E-state index in [1.54, 1.807) is 0 Å². The van der Waals surface area contributed by atoms with Crippen molar-refractivity contribution in [2.75, 3.05) is 9.80 Å². The fraction of sp³-hybridized carbons (Fsp3) is 0.180. The van der Waals surface area contributed by atoms with Crippen molar-refractivity contribution in [3.05, 3.63) is 175 Å². The zero-order valence-electron chi connectivity index (χ0n) is 39.7. The van der Waals surface area contributed by atoms with E-state index in [-0.39, 0.29) is 23.5 Å². The number of fused-ring (bicyclic) bond motifs is 10. The van der Waals surface area contributed by atoms with Crippen LogP contribution in [0.25, 0.3) is 64.4 Å². The van der Waals surface area contributed by atoms with Crippen LogP contribution in [0.4, 0.5) is 34.1 Å². The third kappa shape index (κ3) is 6.25. The van der Waals surface area contributed by atoms with Crippen molar-refractivity contribution in [1.82, 2.24) is 0 Å². The summed E-state index contributed by atoms with van der Waals surface area (Å²) in [5, 5.41) is 4.88. The maximum atomic E-state index is 6.04. The molecule has 332 valence electrons. The number of benzene rings is 7. The van der Waals surface area contributed by atoms with Gasteiger partial charge in [-0.05, 0) is 123 Å². The number of nitrogens with zero attached hydrogens (tertiary/aromatic N) is 2. The molecule has 68 heavy (non-hydrogen) atoms. The molecule has 13 rings (SSSR count). The number of hydrogen-bond acceptors (Lipinski definition) is 6. The molecule has 0 N–H and O–H groups in total. The Hall–Kier alpha value is -6.80. The van der Waals surface area contributed by atoms with E-state index >= 15 is 0 Å². The zero-order valence-corrected chi connectivity index (χ0v) is 41.3. The van der Waals surface area contributed by atoms with E-state index in [1.807, 2.05) is 59.5 Å². The lowest BCUT2D eigenvalue weighted by Crippen LogP contribution is -2.59. The van der Waals surface area contributed by atoms with E-state index < -0.39 is 0 Å². The van der Waals surface area contributed by atoms with E-state index in [2.05, 4.69) is 187 Å². The Bertz CT molecular complexity index is 3570. The van der Waals surface area contributed by atoms with E-state index in [4.69, 9.17) is 8.83 Å². The molecule has 0 unspecified atom stereocenters.